The molecule has 0 saturated carbocycles. The van der Waals surface area contributed by atoms with Crippen molar-refractivity contribution in [2.45, 2.75) is 0 Å². The van der Waals surface area contributed by atoms with Gasteiger partial charge in [0, 0.05) is 56.6 Å². The summed E-state index contributed by atoms with van der Waals surface area (Å²) in [5.74, 6) is 0.00141. The minimum atomic E-state index is -0.489. The molecule has 2 rings (SSSR count). The molecule has 0 bridgehead atoms. The monoisotopic (exact) mass is 278 g/mol. The van der Waals surface area contributed by atoms with Crippen LogP contribution in [0.2, 0.25) is 0 Å². The Labute approximate surface area is 117 Å². The molecule has 1 aromatic carbocycles. The number of nitro groups is 1. The highest BCUT2D eigenvalue weighted by atomic mass is 16.6. The molecule has 2 N–H and O–H groups in total. The second-order valence-electron chi connectivity index (χ2n) is 4.63. The largest absolute Gasteiger partial charge is 0.507 e. The topological polar surface area (TPSA) is 91.0 Å². The first-order valence-electron chi connectivity index (χ1n) is 6.57. The van der Waals surface area contributed by atoms with Crippen LogP contribution in [0.3, 0.4) is 0 Å². The van der Waals surface area contributed by atoms with E-state index in [-0.39, 0.29) is 11.4 Å². The van der Waals surface area contributed by atoms with E-state index in [1.54, 1.807) is 0 Å². The summed E-state index contributed by atoms with van der Waals surface area (Å²) < 4.78 is 0. The molecule has 1 saturated heterocycles. The molecule has 1 aliphatic heterocycles. The third-order valence-electron chi connectivity index (χ3n) is 3.21. The minimum Gasteiger partial charge on any atom is -0.507 e. The zero-order valence-electron chi connectivity index (χ0n) is 11.2. The molecule has 0 amide bonds. The molecule has 20 heavy (non-hydrogen) atoms. The highest BCUT2D eigenvalue weighted by Crippen LogP contribution is 2.21. The van der Waals surface area contributed by atoms with Gasteiger partial charge in [-0.15, -0.1) is 0 Å². The number of phenolic OH excluding ortho intramolecular Hbond substituents is 1. The fourth-order valence-corrected chi connectivity index (χ4v) is 2.06. The Morgan fingerprint density at radius 2 is 2.20 bits per heavy atom. The fourth-order valence-electron chi connectivity index (χ4n) is 2.06. The van der Waals surface area contributed by atoms with E-state index in [1.165, 1.54) is 24.4 Å². The average Bonchev–Trinajstić information content (AvgIpc) is 2.46. The summed E-state index contributed by atoms with van der Waals surface area (Å²) in [5, 5.41) is 23.6. The van der Waals surface area contributed by atoms with Crippen LogP contribution in [0.4, 0.5) is 5.69 Å². The van der Waals surface area contributed by atoms with E-state index in [9.17, 15) is 15.2 Å². The van der Waals surface area contributed by atoms with Crippen molar-refractivity contribution < 1.29 is 10.0 Å². The van der Waals surface area contributed by atoms with Gasteiger partial charge in [0.25, 0.3) is 5.69 Å². The molecule has 7 nitrogen and oxygen atoms in total. The molecule has 108 valence electrons. The molecule has 1 heterocycles. The van der Waals surface area contributed by atoms with Gasteiger partial charge in [0.15, 0.2) is 0 Å². The SMILES string of the molecule is O=[N+]([O-])c1ccc(O)c(C=NCCN2CCNCC2)c1. The Morgan fingerprint density at radius 3 is 2.90 bits per heavy atom. The molecule has 0 unspecified atom stereocenters. The Balaban J connectivity index is 1.90. The van der Waals surface area contributed by atoms with Crippen molar-refractivity contribution in [1.29, 1.82) is 0 Å². The van der Waals surface area contributed by atoms with Gasteiger partial charge in [-0.1, -0.05) is 0 Å². The highest BCUT2D eigenvalue weighted by Gasteiger charge is 2.09. The van der Waals surface area contributed by atoms with Gasteiger partial charge >= 0.3 is 0 Å². The number of non-ortho nitro benzene ring substituents is 1. The van der Waals surface area contributed by atoms with Crippen molar-refractivity contribution >= 4 is 11.9 Å². The molecule has 0 radical (unpaired) electrons. The van der Waals surface area contributed by atoms with Crippen LogP contribution in [-0.4, -0.2) is 60.4 Å². The summed E-state index contributed by atoms with van der Waals surface area (Å²) in [4.78, 5) is 16.7. The first kappa shape index (κ1) is 14.4. The predicted octanol–water partition coefficient (Wildman–Crippen LogP) is 0.624. The normalized spacial score (nSPS) is 16.6. The Morgan fingerprint density at radius 1 is 1.45 bits per heavy atom. The van der Waals surface area contributed by atoms with Crippen molar-refractivity contribution in [3.8, 4) is 5.75 Å². The van der Waals surface area contributed by atoms with E-state index in [0.717, 1.165) is 32.7 Å². The minimum absolute atomic E-state index is 0.00141. The maximum atomic E-state index is 10.7. The first-order valence-corrected chi connectivity index (χ1v) is 6.57. The smallest absolute Gasteiger partial charge is 0.270 e. The van der Waals surface area contributed by atoms with Gasteiger partial charge < -0.3 is 10.4 Å². The summed E-state index contributed by atoms with van der Waals surface area (Å²) in [7, 11) is 0. The molecule has 0 spiro atoms. The van der Waals surface area contributed by atoms with Gasteiger partial charge in [0.05, 0.1) is 11.5 Å². The predicted molar refractivity (Wildman–Crippen MR) is 76.5 cm³/mol. The number of rotatable bonds is 5. The van der Waals surface area contributed by atoms with Crippen LogP contribution in [0.1, 0.15) is 5.56 Å². The maximum Gasteiger partial charge on any atom is 0.270 e. The summed E-state index contributed by atoms with van der Waals surface area (Å²) >= 11 is 0. The number of hydrogen-bond donors (Lipinski definition) is 2. The Hall–Kier alpha value is -1.99. The van der Waals surface area contributed by atoms with E-state index >= 15 is 0 Å². The second-order valence-corrected chi connectivity index (χ2v) is 4.63. The number of aromatic hydroxyl groups is 1. The molecule has 1 aromatic rings. The molecule has 0 aliphatic carbocycles. The van der Waals surface area contributed by atoms with Crippen LogP contribution in [0.25, 0.3) is 0 Å². The van der Waals surface area contributed by atoms with Gasteiger partial charge in [-0.05, 0) is 6.07 Å². The standard InChI is InChI=1S/C13H18N4O3/c18-13-2-1-12(17(19)20)9-11(13)10-15-5-8-16-6-3-14-4-7-16/h1-2,9-10,14,18H,3-8H2. The summed E-state index contributed by atoms with van der Waals surface area (Å²) in [6, 6.07) is 3.91. The van der Waals surface area contributed by atoms with Gasteiger partial charge in [-0.25, -0.2) is 0 Å². The lowest BCUT2D eigenvalue weighted by molar-refractivity contribution is -0.384. The lowest BCUT2D eigenvalue weighted by Crippen LogP contribution is -2.44. The molecular formula is C13H18N4O3. The zero-order chi connectivity index (χ0) is 14.4. The third-order valence-corrected chi connectivity index (χ3v) is 3.21. The van der Waals surface area contributed by atoms with E-state index in [4.69, 9.17) is 0 Å². The number of benzene rings is 1. The third kappa shape index (κ3) is 4.01. The summed E-state index contributed by atoms with van der Waals surface area (Å²) in [6.07, 6.45) is 1.49. The second kappa shape index (κ2) is 6.97. The van der Waals surface area contributed by atoms with Crippen molar-refractivity contribution in [3.05, 3.63) is 33.9 Å². The molecule has 1 fully saturated rings. The van der Waals surface area contributed by atoms with E-state index in [2.05, 4.69) is 15.2 Å². The quantitative estimate of drug-likeness (QED) is 0.468. The summed E-state index contributed by atoms with van der Waals surface area (Å²) in [6.45, 7) is 5.48. The highest BCUT2D eigenvalue weighted by molar-refractivity contribution is 5.84. The zero-order valence-corrected chi connectivity index (χ0v) is 11.2. The number of aliphatic imine (C=N–C) groups is 1. The van der Waals surface area contributed by atoms with Crippen molar-refractivity contribution in [2.75, 3.05) is 39.3 Å². The van der Waals surface area contributed by atoms with E-state index in [0.29, 0.717) is 12.1 Å². The molecule has 0 aromatic heterocycles. The molecule has 7 heteroatoms. The van der Waals surface area contributed by atoms with Crippen molar-refractivity contribution in [1.82, 2.24) is 10.2 Å². The van der Waals surface area contributed by atoms with E-state index < -0.39 is 4.92 Å². The number of nitrogens with zero attached hydrogens (tertiary/aromatic N) is 3. The van der Waals surface area contributed by atoms with Crippen LogP contribution < -0.4 is 5.32 Å². The molecular weight excluding hydrogens is 260 g/mol. The number of nitrogens with one attached hydrogen (secondary N) is 1. The van der Waals surface area contributed by atoms with Gasteiger partial charge in [-0.2, -0.15) is 0 Å². The molecule has 1 aliphatic rings. The van der Waals surface area contributed by atoms with Gasteiger partial charge in [-0.3, -0.25) is 20.0 Å². The van der Waals surface area contributed by atoms with Crippen molar-refractivity contribution in [3.63, 3.8) is 0 Å². The van der Waals surface area contributed by atoms with Crippen LogP contribution in [0.15, 0.2) is 23.2 Å². The van der Waals surface area contributed by atoms with Crippen LogP contribution in [0.5, 0.6) is 5.75 Å². The lowest BCUT2D eigenvalue weighted by Gasteiger charge is -2.26. The van der Waals surface area contributed by atoms with Crippen LogP contribution in [0, 0.1) is 10.1 Å². The number of phenols is 1. The van der Waals surface area contributed by atoms with Gasteiger partial charge in [0.1, 0.15) is 5.75 Å². The average molecular weight is 278 g/mol. The summed E-state index contributed by atoms with van der Waals surface area (Å²) in [5.41, 5.74) is 0.325. The van der Waals surface area contributed by atoms with Gasteiger partial charge in [0.2, 0.25) is 0 Å². The Bertz CT molecular complexity index is 498. The Kier molecular flexibility index (Phi) is 5.03. The number of nitro benzene ring substituents is 1. The first-order chi connectivity index (χ1) is 9.66. The van der Waals surface area contributed by atoms with Crippen LogP contribution in [-0.2, 0) is 0 Å². The lowest BCUT2D eigenvalue weighted by atomic mass is 10.2. The number of piperazine rings is 1. The molecule has 0 atom stereocenters. The number of hydrogen-bond acceptors (Lipinski definition) is 6. The maximum absolute atomic E-state index is 10.7. The van der Waals surface area contributed by atoms with E-state index in [1.807, 2.05) is 0 Å². The van der Waals surface area contributed by atoms with Crippen LogP contribution >= 0.6 is 0 Å². The fraction of sp³-hybridized carbons (Fsp3) is 0.462. The van der Waals surface area contributed by atoms with Crippen molar-refractivity contribution in [2.24, 2.45) is 4.99 Å².